The Kier molecular flexibility index (Phi) is 5.70. The molecule has 2 heteroatoms. The molecule has 112 valence electrons. The minimum atomic E-state index is 0.468. The van der Waals surface area contributed by atoms with Crippen molar-refractivity contribution >= 4 is 0 Å². The normalized spacial score (nSPS) is 28.9. The SMILES string of the molecule is CCCC(C)(CNC1CC1)CN1CCCCCC1C. The van der Waals surface area contributed by atoms with Crippen molar-refractivity contribution in [1.82, 2.24) is 10.2 Å². The van der Waals surface area contributed by atoms with E-state index in [9.17, 15) is 0 Å². The standard InChI is InChI=1S/C17H34N2/c1-4-11-17(3,13-18-16-9-10-16)14-19-12-7-5-6-8-15(19)2/h15-16,18H,4-14H2,1-3H3. The first-order chi connectivity index (χ1) is 9.13. The fourth-order valence-corrected chi connectivity index (χ4v) is 3.56. The summed E-state index contributed by atoms with van der Waals surface area (Å²) >= 11 is 0. The van der Waals surface area contributed by atoms with Gasteiger partial charge in [0, 0.05) is 25.2 Å². The van der Waals surface area contributed by atoms with Crippen molar-refractivity contribution < 1.29 is 0 Å². The molecule has 0 spiro atoms. The molecule has 1 aliphatic carbocycles. The number of rotatable bonds is 7. The van der Waals surface area contributed by atoms with Gasteiger partial charge in [0.25, 0.3) is 0 Å². The van der Waals surface area contributed by atoms with Gasteiger partial charge in [-0.2, -0.15) is 0 Å². The molecule has 0 aromatic heterocycles. The van der Waals surface area contributed by atoms with Crippen molar-refractivity contribution in [2.24, 2.45) is 5.41 Å². The van der Waals surface area contributed by atoms with Crippen molar-refractivity contribution in [3.05, 3.63) is 0 Å². The molecule has 2 nitrogen and oxygen atoms in total. The van der Waals surface area contributed by atoms with E-state index in [0.29, 0.717) is 5.41 Å². The zero-order valence-electron chi connectivity index (χ0n) is 13.4. The average molecular weight is 266 g/mol. The molecular formula is C17H34N2. The molecule has 2 aliphatic rings. The molecule has 1 aliphatic heterocycles. The van der Waals surface area contributed by atoms with E-state index in [1.807, 2.05) is 0 Å². The number of nitrogens with zero attached hydrogens (tertiary/aromatic N) is 1. The molecule has 0 aromatic rings. The van der Waals surface area contributed by atoms with Crippen molar-refractivity contribution in [1.29, 1.82) is 0 Å². The van der Waals surface area contributed by atoms with Crippen LogP contribution in [-0.2, 0) is 0 Å². The van der Waals surface area contributed by atoms with Crippen LogP contribution in [0.3, 0.4) is 0 Å². The molecule has 0 radical (unpaired) electrons. The van der Waals surface area contributed by atoms with Crippen LogP contribution < -0.4 is 5.32 Å². The largest absolute Gasteiger partial charge is 0.313 e. The summed E-state index contributed by atoms with van der Waals surface area (Å²) in [6.07, 6.45) is 11.2. The molecule has 1 heterocycles. The molecule has 2 rings (SSSR count). The van der Waals surface area contributed by atoms with Crippen LogP contribution >= 0.6 is 0 Å². The summed E-state index contributed by atoms with van der Waals surface area (Å²) < 4.78 is 0. The van der Waals surface area contributed by atoms with E-state index in [1.54, 1.807) is 0 Å². The molecule has 1 saturated heterocycles. The first-order valence-electron chi connectivity index (χ1n) is 8.60. The number of hydrogen-bond acceptors (Lipinski definition) is 2. The van der Waals surface area contributed by atoms with E-state index >= 15 is 0 Å². The van der Waals surface area contributed by atoms with Gasteiger partial charge in [-0.1, -0.05) is 33.1 Å². The Morgan fingerprint density at radius 2 is 1.95 bits per heavy atom. The summed E-state index contributed by atoms with van der Waals surface area (Å²) in [4.78, 5) is 2.78. The third-order valence-corrected chi connectivity index (χ3v) is 5.02. The number of nitrogens with one attached hydrogen (secondary N) is 1. The van der Waals surface area contributed by atoms with E-state index in [1.165, 1.54) is 71.0 Å². The lowest BCUT2D eigenvalue weighted by molar-refractivity contribution is 0.118. The minimum Gasteiger partial charge on any atom is -0.313 e. The Morgan fingerprint density at radius 1 is 1.16 bits per heavy atom. The fourth-order valence-electron chi connectivity index (χ4n) is 3.56. The quantitative estimate of drug-likeness (QED) is 0.754. The molecule has 0 bridgehead atoms. The van der Waals surface area contributed by atoms with Gasteiger partial charge >= 0.3 is 0 Å². The lowest BCUT2D eigenvalue weighted by Gasteiger charge is -2.38. The summed E-state index contributed by atoms with van der Waals surface area (Å²) in [5.41, 5.74) is 0.468. The average Bonchev–Trinajstić information content (AvgIpc) is 3.18. The summed E-state index contributed by atoms with van der Waals surface area (Å²) in [7, 11) is 0. The highest BCUT2D eigenvalue weighted by molar-refractivity contribution is 4.88. The third-order valence-electron chi connectivity index (χ3n) is 5.02. The van der Waals surface area contributed by atoms with E-state index in [-0.39, 0.29) is 0 Å². The lowest BCUT2D eigenvalue weighted by Crippen LogP contribution is -2.45. The summed E-state index contributed by atoms with van der Waals surface area (Å²) in [5.74, 6) is 0. The van der Waals surface area contributed by atoms with Gasteiger partial charge < -0.3 is 10.2 Å². The van der Waals surface area contributed by atoms with Crippen LogP contribution in [0.1, 0.15) is 72.1 Å². The Labute approximate surface area is 120 Å². The number of hydrogen-bond donors (Lipinski definition) is 1. The maximum absolute atomic E-state index is 3.78. The maximum Gasteiger partial charge on any atom is 0.00684 e. The van der Waals surface area contributed by atoms with Gasteiger partial charge in [-0.15, -0.1) is 0 Å². The van der Waals surface area contributed by atoms with Crippen molar-refractivity contribution in [3.8, 4) is 0 Å². The van der Waals surface area contributed by atoms with E-state index in [4.69, 9.17) is 0 Å². The zero-order chi connectivity index (χ0) is 13.7. The van der Waals surface area contributed by atoms with Crippen molar-refractivity contribution in [2.75, 3.05) is 19.6 Å². The predicted octanol–water partition coefficient (Wildman–Crippen LogP) is 3.81. The predicted molar refractivity (Wildman–Crippen MR) is 83.5 cm³/mol. The molecule has 0 amide bonds. The molecule has 2 atom stereocenters. The van der Waals surface area contributed by atoms with Gasteiger partial charge in [-0.3, -0.25) is 0 Å². The lowest BCUT2D eigenvalue weighted by atomic mass is 9.84. The van der Waals surface area contributed by atoms with Crippen LogP contribution in [0, 0.1) is 5.41 Å². The van der Waals surface area contributed by atoms with Crippen LogP contribution in [0.5, 0.6) is 0 Å². The van der Waals surface area contributed by atoms with Gasteiger partial charge in [0.15, 0.2) is 0 Å². The van der Waals surface area contributed by atoms with Gasteiger partial charge in [-0.05, 0) is 51.0 Å². The van der Waals surface area contributed by atoms with Crippen LogP contribution in [0.4, 0.5) is 0 Å². The zero-order valence-corrected chi connectivity index (χ0v) is 13.4. The Morgan fingerprint density at radius 3 is 2.63 bits per heavy atom. The number of likely N-dealkylation sites (tertiary alicyclic amines) is 1. The second-order valence-corrected chi connectivity index (χ2v) is 7.38. The van der Waals surface area contributed by atoms with Gasteiger partial charge in [0.2, 0.25) is 0 Å². The molecule has 2 unspecified atom stereocenters. The highest BCUT2D eigenvalue weighted by Crippen LogP contribution is 2.29. The first-order valence-corrected chi connectivity index (χ1v) is 8.60. The Bertz CT molecular complexity index is 262. The topological polar surface area (TPSA) is 15.3 Å². The highest BCUT2D eigenvalue weighted by Gasteiger charge is 2.31. The second kappa shape index (κ2) is 7.08. The van der Waals surface area contributed by atoms with E-state index in [2.05, 4.69) is 31.0 Å². The second-order valence-electron chi connectivity index (χ2n) is 7.38. The molecule has 19 heavy (non-hydrogen) atoms. The minimum absolute atomic E-state index is 0.468. The van der Waals surface area contributed by atoms with Gasteiger partial charge in [0.1, 0.15) is 0 Å². The van der Waals surface area contributed by atoms with E-state index < -0.39 is 0 Å². The maximum atomic E-state index is 3.78. The van der Waals surface area contributed by atoms with Crippen LogP contribution in [-0.4, -0.2) is 36.6 Å². The molecule has 1 saturated carbocycles. The van der Waals surface area contributed by atoms with Crippen LogP contribution in [0.25, 0.3) is 0 Å². The molecule has 1 N–H and O–H groups in total. The fraction of sp³-hybridized carbons (Fsp3) is 1.00. The highest BCUT2D eigenvalue weighted by atomic mass is 15.2. The summed E-state index contributed by atoms with van der Waals surface area (Å²) in [6.45, 7) is 11.1. The smallest absolute Gasteiger partial charge is 0.00684 e. The van der Waals surface area contributed by atoms with Crippen LogP contribution in [0.15, 0.2) is 0 Å². The van der Waals surface area contributed by atoms with E-state index in [0.717, 1.165) is 12.1 Å². The summed E-state index contributed by atoms with van der Waals surface area (Å²) in [6, 6.07) is 1.64. The van der Waals surface area contributed by atoms with Crippen molar-refractivity contribution in [2.45, 2.75) is 84.2 Å². The molecular weight excluding hydrogens is 232 g/mol. The van der Waals surface area contributed by atoms with Crippen LogP contribution in [0.2, 0.25) is 0 Å². The third kappa shape index (κ3) is 5.07. The monoisotopic (exact) mass is 266 g/mol. The Hall–Kier alpha value is -0.0800. The first kappa shape index (κ1) is 15.3. The summed E-state index contributed by atoms with van der Waals surface area (Å²) in [5, 5.41) is 3.78. The van der Waals surface area contributed by atoms with Crippen molar-refractivity contribution in [3.63, 3.8) is 0 Å². The molecule has 0 aromatic carbocycles. The molecule has 2 fully saturated rings. The Balaban J connectivity index is 1.88. The van der Waals surface area contributed by atoms with Gasteiger partial charge in [0.05, 0.1) is 0 Å². The van der Waals surface area contributed by atoms with Gasteiger partial charge in [-0.25, -0.2) is 0 Å².